The Morgan fingerprint density at radius 2 is 1.75 bits per heavy atom. The Hall–Kier alpha value is -1.39. The number of imide groups is 1. The van der Waals surface area contributed by atoms with Gasteiger partial charge < -0.3 is 5.11 Å². The van der Waals surface area contributed by atoms with E-state index in [1.165, 1.54) is 6.92 Å². The van der Waals surface area contributed by atoms with Crippen molar-refractivity contribution in [1.82, 2.24) is 4.90 Å². The van der Waals surface area contributed by atoms with Crippen LogP contribution in [0.4, 0.5) is 0 Å². The SMILES string of the molecule is CC(=O)N(CC(=O)O)C(=O)C1CCCCC1. The van der Waals surface area contributed by atoms with Crippen molar-refractivity contribution < 1.29 is 19.5 Å². The molecule has 1 aliphatic rings. The third-order valence-electron chi connectivity index (χ3n) is 2.89. The van der Waals surface area contributed by atoms with Gasteiger partial charge in [0.1, 0.15) is 6.54 Å². The summed E-state index contributed by atoms with van der Waals surface area (Å²) in [5.41, 5.74) is 0. The molecule has 16 heavy (non-hydrogen) atoms. The van der Waals surface area contributed by atoms with Gasteiger partial charge in [-0.2, -0.15) is 0 Å². The summed E-state index contributed by atoms with van der Waals surface area (Å²) in [5.74, 6) is -2.14. The molecule has 5 nitrogen and oxygen atoms in total. The Balaban J connectivity index is 2.65. The lowest BCUT2D eigenvalue weighted by atomic mass is 9.88. The second kappa shape index (κ2) is 5.63. The topological polar surface area (TPSA) is 74.7 Å². The van der Waals surface area contributed by atoms with Crippen molar-refractivity contribution >= 4 is 17.8 Å². The van der Waals surface area contributed by atoms with E-state index in [1.807, 2.05) is 0 Å². The maximum atomic E-state index is 11.9. The van der Waals surface area contributed by atoms with Gasteiger partial charge in [-0.05, 0) is 12.8 Å². The number of carbonyl (C=O) groups excluding carboxylic acids is 2. The summed E-state index contributed by atoms with van der Waals surface area (Å²) in [4.78, 5) is 34.5. The highest BCUT2D eigenvalue weighted by Crippen LogP contribution is 2.25. The molecule has 0 radical (unpaired) electrons. The third kappa shape index (κ3) is 3.32. The number of hydrogen-bond acceptors (Lipinski definition) is 3. The van der Waals surface area contributed by atoms with E-state index in [2.05, 4.69) is 0 Å². The second-order valence-electron chi connectivity index (χ2n) is 4.17. The molecule has 1 rings (SSSR count). The zero-order valence-corrected chi connectivity index (χ0v) is 9.44. The Labute approximate surface area is 94.4 Å². The first-order valence-electron chi connectivity index (χ1n) is 5.56. The predicted octanol–water partition coefficient (Wildman–Crippen LogP) is 1.03. The fourth-order valence-electron chi connectivity index (χ4n) is 2.05. The molecule has 0 aromatic heterocycles. The minimum absolute atomic E-state index is 0.169. The van der Waals surface area contributed by atoms with Gasteiger partial charge in [0.15, 0.2) is 0 Å². The summed E-state index contributed by atoms with van der Waals surface area (Å²) in [6.45, 7) is 0.703. The van der Waals surface area contributed by atoms with Gasteiger partial charge in [0.2, 0.25) is 11.8 Å². The molecule has 1 saturated carbocycles. The van der Waals surface area contributed by atoms with E-state index in [0.29, 0.717) is 0 Å². The lowest BCUT2D eigenvalue weighted by Gasteiger charge is -2.26. The lowest BCUT2D eigenvalue weighted by Crippen LogP contribution is -2.43. The number of carboxylic acids is 1. The minimum Gasteiger partial charge on any atom is -0.480 e. The van der Waals surface area contributed by atoms with E-state index in [-0.39, 0.29) is 11.8 Å². The summed E-state index contributed by atoms with van der Waals surface area (Å²) >= 11 is 0. The van der Waals surface area contributed by atoms with Crippen LogP contribution in [0.25, 0.3) is 0 Å². The molecule has 1 aliphatic carbocycles. The highest BCUT2D eigenvalue weighted by atomic mass is 16.4. The molecule has 0 spiro atoms. The van der Waals surface area contributed by atoms with Crippen molar-refractivity contribution in [2.45, 2.75) is 39.0 Å². The molecule has 0 aromatic rings. The number of carboxylic acid groups (broad SMARTS) is 1. The normalized spacial score (nSPS) is 16.8. The van der Waals surface area contributed by atoms with E-state index in [0.717, 1.165) is 37.0 Å². The summed E-state index contributed by atoms with van der Waals surface area (Å²) in [7, 11) is 0. The number of nitrogens with zero attached hydrogens (tertiary/aromatic N) is 1. The molecular formula is C11H17NO4. The third-order valence-corrected chi connectivity index (χ3v) is 2.89. The predicted molar refractivity (Wildman–Crippen MR) is 56.6 cm³/mol. The van der Waals surface area contributed by atoms with Crippen LogP contribution in [0.1, 0.15) is 39.0 Å². The van der Waals surface area contributed by atoms with Gasteiger partial charge in [-0.3, -0.25) is 19.3 Å². The Morgan fingerprint density at radius 3 is 2.19 bits per heavy atom. The molecule has 5 heteroatoms. The number of rotatable bonds is 3. The standard InChI is InChI=1S/C11H17NO4/c1-8(13)12(7-10(14)15)11(16)9-5-3-2-4-6-9/h9H,2-7H2,1H3,(H,14,15). The first kappa shape index (κ1) is 12.7. The van der Waals surface area contributed by atoms with Crippen LogP contribution in [-0.2, 0) is 14.4 Å². The average molecular weight is 227 g/mol. The van der Waals surface area contributed by atoms with Crippen LogP contribution in [0.5, 0.6) is 0 Å². The Kier molecular flexibility index (Phi) is 4.46. The van der Waals surface area contributed by atoms with Gasteiger partial charge in [-0.1, -0.05) is 19.3 Å². The van der Waals surface area contributed by atoms with Crippen molar-refractivity contribution in [1.29, 1.82) is 0 Å². The van der Waals surface area contributed by atoms with E-state index in [1.54, 1.807) is 0 Å². The largest absolute Gasteiger partial charge is 0.480 e. The van der Waals surface area contributed by atoms with Crippen molar-refractivity contribution in [3.8, 4) is 0 Å². The summed E-state index contributed by atoms with van der Waals surface area (Å²) in [5, 5.41) is 8.63. The fraction of sp³-hybridized carbons (Fsp3) is 0.727. The molecule has 0 bridgehead atoms. The van der Waals surface area contributed by atoms with E-state index < -0.39 is 18.4 Å². The summed E-state index contributed by atoms with van der Waals surface area (Å²) in [6.07, 6.45) is 4.61. The van der Waals surface area contributed by atoms with E-state index >= 15 is 0 Å². The Morgan fingerprint density at radius 1 is 1.19 bits per heavy atom. The molecule has 0 aliphatic heterocycles. The van der Waals surface area contributed by atoms with Gasteiger partial charge >= 0.3 is 5.97 Å². The smallest absolute Gasteiger partial charge is 0.323 e. The molecule has 1 fully saturated rings. The van der Waals surface area contributed by atoms with Crippen LogP contribution in [0.2, 0.25) is 0 Å². The summed E-state index contributed by atoms with van der Waals surface area (Å²) < 4.78 is 0. The van der Waals surface area contributed by atoms with E-state index in [9.17, 15) is 14.4 Å². The number of aliphatic carboxylic acids is 1. The molecule has 0 heterocycles. The second-order valence-corrected chi connectivity index (χ2v) is 4.17. The van der Waals surface area contributed by atoms with Crippen LogP contribution < -0.4 is 0 Å². The van der Waals surface area contributed by atoms with Gasteiger partial charge in [-0.15, -0.1) is 0 Å². The van der Waals surface area contributed by atoms with Crippen molar-refractivity contribution in [3.63, 3.8) is 0 Å². The molecule has 0 saturated heterocycles. The van der Waals surface area contributed by atoms with E-state index in [4.69, 9.17) is 5.11 Å². The zero-order valence-electron chi connectivity index (χ0n) is 9.44. The van der Waals surface area contributed by atoms with Crippen LogP contribution >= 0.6 is 0 Å². The molecule has 0 unspecified atom stereocenters. The van der Waals surface area contributed by atoms with Crippen LogP contribution in [0.15, 0.2) is 0 Å². The van der Waals surface area contributed by atoms with Crippen LogP contribution in [-0.4, -0.2) is 34.3 Å². The monoisotopic (exact) mass is 227 g/mol. The minimum atomic E-state index is -1.15. The van der Waals surface area contributed by atoms with Crippen molar-refractivity contribution in [3.05, 3.63) is 0 Å². The highest BCUT2D eigenvalue weighted by molar-refractivity contribution is 5.98. The molecule has 1 N–H and O–H groups in total. The first-order valence-corrected chi connectivity index (χ1v) is 5.56. The summed E-state index contributed by atoms with van der Waals surface area (Å²) in [6, 6.07) is 0. The molecular weight excluding hydrogens is 210 g/mol. The van der Waals surface area contributed by atoms with Crippen LogP contribution in [0.3, 0.4) is 0 Å². The number of hydrogen-bond donors (Lipinski definition) is 1. The van der Waals surface area contributed by atoms with Crippen molar-refractivity contribution in [2.24, 2.45) is 5.92 Å². The first-order chi connectivity index (χ1) is 7.52. The van der Waals surface area contributed by atoms with Gasteiger partial charge in [0, 0.05) is 12.8 Å². The average Bonchev–Trinajstić information content (AvgIpc) is 2.25. The Bertz CT molecular complexity index is 294. The lowest BCUT2D eigenvalue weighted by molar-refractivity contribution is -0.154. The zero-order chi connectivity index (χ0) is 12.1. The maximum Gasteiger partial charge on any atom is 0.323 e. The molecule has 90 valence electrons. The molecule has 0 aromatic carbocycles. The maximum absolute atomic E-state index is 11.9. The quantitative estimate of drug-likeness (QED) is 0.781. The fourth-order valence-corrected chi connectivity index (χ4v) is 2.05. The molecule has 0 atom stereocenters. The number of amides is 2. The van der Waals surface area contributed by atoms with Gasteiger partial charge in [0.05, 0.1) is 0 Å². The van der Waals surface area contributed by atoms with Crippen molar-refractivity contribution in [2.75, 3.05) is 6.54 Å². The van der Waals surface area contributed by atoms with Crippen LogP contribution in [0, 0.1) is 5.92 Å². The van der Waals surface area contributed by atoms with Gasteiger partial charge in [0.25, 0.3) is 0 Å². The molecule has 2 amide bonds. The highest BCUT2D eigenvalue weighted by Gasteiger charge is 2.29. The number of carbonyl (C=O) groups is 3. The van der Waals surface area contributed by atoms with Gasteiger partial charge in [-0.25, -0.2) is 0 Å².